The number of allylic oxidation sites excluding steroid dienone is 5. The summed E-state index contributed by atoms with van der Waals surface area (Å²) in [4.78, 5) is 24.5. The Morgan fingerprint density at radius 2 is 0.800 bits per heavy atom. The lowest BCUT2D eigenvalue weighted by molar-refractivity contribution is -0.143. The van der Waals surface area contributed by atoms with Gasteiger partial charge in [0.05, 0.1) is 25.4 Å². The van der Waals surface area contributed by atoms with E-state index in [2.05, 4.69) is 43.5 Å². The van der Waals surface area contributed by atoms with Crippen LogP contribution in [0.4, 0.5) is 0 Å². The second-order valence-electron chi connectivity index (χ2n) is 19.6. The number of ether oxygens (including phenoxy) is 1. The lowest BCUT2D eigenvalue weighted by Gasteiger charge is -2.20. The second-order valence-corrected chi connectivity index (χ2v) is 19.6. The molecule has 0 aromatic carbocycles. The Labute approximate surface area is 404 Å². The first kappa shape index (κ1) is 63.1. The van der Waals surface area contributed by atoms with Gasteiger partial charge in [-0.05, 0) is 57.8 Å². The molecule has 3 N–H and O–H groups in total. The predicted molar refractivity (Wildman–Crippen MR) is 283 cm³/mol. The molecule has 65 heavy (non-hydrogen) atoms. The normalized spacial score (nSPS) is 12.9. The highest BCUT2D eigenvalue weighted by atomic mass is 16.5. The minimum Gasteiger partial charge on any atom is -0.466 e. The topological polar surface area (TPSA) is 95.9 Å². The summed E-state index contributed by atoms with van der Waals surface area (Å²) in [6.07, 6.45) is 67.4. The highest BCUT2D eigenvalue weighted by Gasteiger charge is 2.18. The average molecular weight is 915 g/mol. The summed E-state index contributed by atoms with van der Waals surface area (Å²) in [5, 5.41) is 23.2. The van der Waals surface area contributed by atoms with Gasteiger partial charge in [-0.1, -0.05) is 269 Å². The number of hydrogen-bond donors (Lipinski definition) is 3. The zero-order valence-electron chi connectivity index (χ0n) is 43.5. The molecule has 2 unspecified atom stereocenters. The Bertz CT molecular complexity index is 1060. The molecule has 0 spiro atoms. The van der Waals surface area contributed by atoms with E-state index < -0.39 is 12.1 Å². The van der Waals surface area contributed by atoms with E-state index in [9.17, 15) is 19.8 Å². The number of carbonyl (C=O) groups is 2. The van der Waals surface area contributed by atoms with Gasteiger partial charge in [0.25, 0.3) is 0 Å². The van der Waals surface area contributed by atoms with E-state index in [0.717, 1.165) is 70.6 Å². The highest BCUT2D eigenvalue weighted by Crippen LogP contribution is 2.17. The zero-order chi connectivity index (χ0) is 47.2. The van der Waals surface area contributed by atoms with Gasteiger partial charge in [0.15, 0.2) is 0 Å². The molecule has 1 amide bonds. The van der Waals surface area contributed by atoms with E-state index in [4.69, 9.17) is 4.74 Å². The van der Waals surface area contributed by atoms with Crippen LogP contribution >= 0.6 is 0 Å². The Morgan fingerprint density at radius 3 is 1.23 bits per heavy atom. The molecule has 0 saturated heterocycles. The summed E-state index contributed by atoms with van der Waals surface area (Å²) < 4.78 is 5.44. The first-order valence-electron chi connectivity index (χ1n) is 28.8. The molecule has 0 aliphatic rings. The smallest absolute Gasteiger partial charge is 0.305 e. The van der Waals surface area contributed by atoms with Crippen LogP contribution in [0.15, 0.2) is 36.5 Å². The average Bonchev–Trinajstić information content (AvgIpc) is 3.31. The molecule has 6 heteroatoms. The summed E-state index contributed by atoms with van der Waals surface area (Å²) in [6, 6.07) is -0.647. The SMILES string of the molecule is CCC/C=C\C/C=C\CCCCCCCC(=O)OCCCCCCCCCCCCC(=O)NC(CO)C(O)/C=C/CCCCCCCCCCCCCCCCCCCCCCCCC. The molecule has 0 radical (unpaired) electrons. The van der Waals surface area contributed by atoms with Gasteiger partial charge in [-0.25, -0.2) is 0 Å². The molecule has 0 fully saturated rings. The molecule has 0 heterocycles. The number of aliphatic hydroxyl groups is 2. The number of rotatable bonds is 53. The van der Waals surface area contributed by atoms with Crippen LogP contribution < -0.4 is 5.32 Å². The molecule has 0 rings (SSSR count). The van der Waals surface area contributed by atoms with Crippen molar-refractivity contribution in [3.8, 4) is 0 Å². The van der Waals surface area contributed by atoms with Gasteiger partial charge in [-0.2, -0.15) is 0 Å². The largest absolute Gasteiger partial charge is 0.466 e. The molecular formula is C59H111NO5. The van der Waals surface area contributed by atoms with Gasteiger partial charge in [-0.3, -0.25) is 9.59 Å². The van der Waals surface area contributed by atoms with Gasteiger partial charge >= 0.3 is 5.97 Å². The number of aliphatic hydroxyl groups excluding tert-OH is 2. The maximum Gasteiger partial charge on any atom is 0.305 e. The molecule has 0 aliphatic heterocycles. The van der Waals surface area contributed by atoms with E-state index in [1.54, 1.807) is 6.08 Å². The fourth-order valence-corrected chi connectivity index (χ4v) is 8.73. The standard InChI is InChI=1S/C59H111NO5/c1-3-5-7-9-11-13-15-17-18-19-20-21-22-23-24-25-26-27-28-30-31-35-39-43-47-51-57(62)56(55-61)60-58(63)52-48-44-40-36-33-34-38-42-46-50-54-65-59(64)53-49-45-41-37-32-29-16-14-12-10-8-6-4-2/h8,10,14,16,47,51,56-57,61-62H,3-7,9,11-13,15,17-46,48-50,52-55H2,1-2H3,(H,60,63)/b10-8-,16-14-,51-47+. The van der Waals surface area contributed by atoms with Crippen LogP contribution in [0.1, 0.15) is 303 Å². The number of hydrogen-bond acceptors (Lipinski definition) is 5. The minimum absolute atomic E-state index is 0.0358. The maximum atomic E-state index is 12.5. The van der Waals surface area contributed by atoms with E-state index in [0.29, 0.717) is 19.4 Å². The molecule has 2 atom stereocenters. The Hall–Kier alpha value is -1.92. The molecule has 382 valence electrons. The first-order chi connectivity index (χ1) is 32.0. The summed E-state index contributed by atoms with van der Waals surface area (Å²) in [5.41, 5.74) is 0. The van der Waals surface area contributed by atoms with E-state index in [1.807, 2.05) is 6.08 Å². The van der Waals surface area contributed by atoms with E-state index >= 15 is 0 Å². The number of carbonyl (C=O) groups excluding carboxylic acids is 2. The van der Waals surface area contributed by atoms with Crippen LogP contribution in [0.2, 0.25) is 0 Å². The number of unbranched alkanes of at least 4 members (excludes halogenated alkanes) is 38. The highest BCUT2D eigenvalue weighted by molar-refractivity contribution is 5.76. The molecule has 0 aromatic heterocycles. The van der Waals surface area contributed by atoms with Crippen LogP contribution in [-0.4, -0.2) is 47.4 Å². The van der Waals surface area contributed by atoms with Crippen LogP contribution in [-0.2, 0) is 14.3 Å². The van der Waals surface area contributed by atoms with Crippen LogP contribution in [0, 0.1) is 0 Å². The lowest BCUT2D eigenvalue weighted by atomic mass is 10.0. The third-order valence-electron chi connectivity index (χ3n) is 13.1. The number of nitrogens with one attached hydrogen (secondary N) is 1. The lowest BCUT2D eigenvalue weighted by Crippen LogP contribution is -2.45. The predicted octanol–water partition coefficient (Wildman–Crippen LogP) is 17.6. The summed E-state index contributed by atoms with van der Waals surface area (Å²) >= 11 is 0. The van der Waals surface area contributed by atoms with Crippen LogP contribution in [0.3, 0.4) is 0 Å². The van der Waals surface area contributed by atoms with Crippen molar-refractivity contribution >= 4 is 11.9 Å². The van der Waals surface area contributed by atoms with Crippen molar-refractivity contribution in [2.45, 2.75) is 315 Å². The Morgan fingerprint density at radius 1 is 0.431 bits per heavy atom. The molecular weight excluding hydrogens is 803 g/mol. The van der Waals surface area contributed by atoms with Gasteiger partial charge in [0, 0.05) is 12.8 Å². The summed E-state index contributed by atoms with van der Waals surface area (Å²) in [6.45, 7) is 4.79. The van der Waals surface area contributed by atoms with E-state index in [-0.39, 0.29) is 18.5 Å². The van der Waals surface area contributed by atoms with Crippen molar-refractivity contribution in [3.05, 3.63) is 36.5 Å². The van der Waals surface area contributed by atoms with Crippen molar-refractivity contribution in [2.75, 3.05) is 13.2 Å². The van der Waals surface area contributed by atoms with Crippen molar-refractivity contribution in [1.29, 1.82) is 0 Å². The van der Waals surface area contributed by atoms with Gasteiger partial charge in [0.2, 0.25) is 5.91 Å². The third-order valence-corrected chi connectivity index (χ3v) is 13.1. The fourth-order valence-electron chi connectivity index (χ4n) is 8.73. The Kier molecular flexibility index (Phi) is 53.1. The minimum atomic E-state index is -0.862. The molecule has 0 saturated carbocycles. The monoisotopic (exact) mass is 914 g/mol. The molecule has 0 aliphatic carbocycles. The quantitative estimate of drug-likeness (QED) is 0.0321. The van der Waals surface area contributed by atoms with Crippen molar-refractivity contribution in [3.63, 3.8) is 0 Å². The van der Waals surface area contributed by atoms with E-state index in [1.165, 1.54) is 205 Å². The number of amides is 1. The zero-order valence-corrected chi connectivity index (χ0v) is 43.5. The van der Waals surface area contributed by atoms with Crippen molar-refractivity contribution < 1.29 is 24.5 Å². The first-order valence-corrected chi connectivity index (χ1v) is 28.8. The second kappa shape index (κ2) is 54.7. The van der Waals surface area contributed by atoms with Gasteiger partial charge in [0.1, 0.15) is 0 Å². The molecule has 6 nitrogen and oxygen atoms in total. The molecule has 0 bridgehead atoms. The fraction of sp³-hybridized carbons (Fsp3) is 0.864. The summed E-state index contributed by atoms with van der Waals surface area (Å²) in [5.74, 6) is -0.126. The van der Waals surface area contributed by atoms with Crippen molar-refractivity contribution in [1.82, 2.24) is 5.32 Å². The van der Waals surface area contributed by atoms with Crippen LogP contribution in [0.25, 0.3) is 0 Å². The Balaban J connectivity index is 3.51. The molecule has 0 aromatic rings. The van der Waals surface area contributed by atoms with Crippen LogP contribution in [0.5, 0.6) is 0 Å². The summed E-state index contributed by atoms with van der Waals surface area (Å²) in [7, 11) is 0. The third kappa shape index (κ3) is 51.3. The van der Waals surface area contributed by atoms with Crippen molar-refractivity contribution in [2.24, 2.45) is 0 Å². The number of esters is 1. The van der Waals surface area contributed by atoms with Gasteiger partial charge < -0.3 is 20.3 Å². The maximum absolute atomic E-state index is 12.5. The van der Waals surface area contributed by atoms with Gasteiger partial charge in [-0.15, -0.1) is 0 Å².